The molecule has 3 N–H and O–H groups in total. The molecule has 1 atom stereocenters. The van der Waals surface area contributed by atoms with E-state index in [9.17, 15) is 14.7 Å². The molecule has 0 radical (unpaired) electrons. The Kier molecular flexibility index (Phi) is 3.99. The molecule has 30 heavy (non-hydrogen) atoms. The van der Waals surface area contributed by atoms with Gasteiger partial charge in [-0.2, -0.15) is 4.57 Å². The first-order valence-corrected chi connectivity index (χ1v) is 9.73. The molecule has 0 spiro atoms. The highest BCUT2D eigenvalue weighted by atomic mass is 16.5. The van der Waals surface area contributed by atoms with Gasteiger partial charge in [-0.05, 0) is 30.7 Å². The first-order chi connectivity index (χ1) is 14.5. The van der Waals surface area contributed by atoms with Gasteiger partial charge in [-0.25, -0.2) is 9.79 Å². The number of hydrogen-bond donors (Lipinski definition) is 3. The lowest BCUT2D eigenvalue weighted by atomic mass is 9.81. The zero-order chi connectivity index (χ0) is 21.0. The van der Waals surface area contributed by atoms with Crippen molar-refractivity contribution in [3.8, 4) is 5.75 Å². The van der Waals surface area contributed by atoms with Gasteiger partial charge in [0.25, 0.3) is 11.4 Å². The quantitative estimate of drug-likeness (QED) is 0.613. The smallest absolute Gasteiger partial charge is 0.415 e. The van der Waals surface area contributed by atoms with Crippen molar-refractivity contribution in [2.75, 3.05) is 7.11 Å². The van der Waals surface area contributed by atoms with Crippen LogP contribution in [0.4, 0.5) is 5.82 Å². The van der Waals surface area contributed by atoms with Crippen LogP contribution < -0.4 is 21.0 Å². The van der Waals surface area contributed by atoms with Crippen molar-refractivity contribution < 1.29 is 14.8 Å². The number of aromatic nitrogens is 2. The molecule has 0 amide bonds. The van der Waals surface area contributed by atoms with Gasteiger partial charge in [0.1, 0.15) is 22.8 Å². The molecule has 0 bridgehead atoms. The third-order valence-electron chi connectivity index (χ3n) is 5.80. The number of methoxy groups -OCH3 is 1. The number of hydrogen-bond acceptors (Lipinski definition) is 4. The molecular formula is C23H20N3O4+. The molecule has 3 aromatic rings. The largest absolute Gasteiger partial charge is 0.507 e. The third kappa shape index (κ3) is 2.41. The Labute approximate surface area is 171 Å². The minimum Gasteiger partial charge on any atom is -0.507 e. The minimum atomic E-state index is -0.545. The average molecular weight is 402 g/mol. The predicted octanol–water partition coefficient (Wildman–Crippen LogP) is 1.19. The van der Waals surface area contributed by atoms with E-state index < -0.39 is 17.2 Å². The summed E-state index contributed by atoms with van der Waals surface area (Å²) in [7, 11) is 1.59. The van der Waals surface area contributed by atoms with Crippen LogP contribution in [0.5, 0.6) is 5.75 Å². The molecule has 2 aromatic carbocycles. The zero-order valence-corrected chi connectivity index (χ0v) is 16.5. The molecule has 1 aromatic heterocycles. The molecular weight excluding hydrogens is 382 g/mol. The molecule has 5 rings (SSSR count). The molecule has 2 aliphatic rings. The van der Waals surface area contributed by atoms with E-state index in [0.717, 1.165) is 11.1 Å². The maximum Gasteiger partial charge on any atom is 0.415 e. The van der Waals surface area contributed by atoms with Gasteiger partial charge in [0, 0.05) is 11.1 Å². The highest BCUT2D eigenvalue weighted by Gasteiger charge is 2.44. The van der Waals surface area contributed by atoms with Crippen LogP contribution in [0, 0.1) is 0 Å². The first-order valence-electron chi connectivity index (χ1n) is 9.73. The van der Waals surface area contributed by atoms with Crippen LogP contribution in [0.25, 0.3) is 5.76 Å². The minimum absolute atomic E-state index is 0.133. The summed E-state index contributed by atoms with van der Waals surface area (Å²) in [5.41, 5.74) is 3.16. The second-order valence-electron chi connectivity index (χ2n) is 7.28. The summed E-state index contributed by atoms with van der Waals surface area (Å²) < 4.78 is 6.78. The van der Waals surface area contributed by atoms with Gasteiger partial charge < -0.3 is 9.84 Å². The van der Waals surface area contributed by atoms with Crippen molar-refractivity contribution in [3.63, 3.8) is 0 Å². The molecule has 1 aliphatic heterocycles. The number of aromatic amines is 1. The van der Waals surface area contributed by atoms with E-state index in [1.165, 1.54) is 4.57 Å². The van der Waals surface area contributed by atoms with Crippen molar-refractivity contribution in [2.45, 2.75) is 19.4 Å². The fourth-order valence-corrected chi connectivity index (χ4v) is 4.42. The number of nitrogens with one attached hydrogen (secondary N) is 2. The van der Waals surface area contributed by atoms with Gasteiger partial charge in [-0.1, -0.05) is 30.3 Å². The lowest BCUT2D eigenvalue weighted by Crippen LogP contribution is -2.72. The molecule has 2 heterocycles. The van der Waals surface area contributed by atoms with Gasteiger partial charge in [0.2, 0.25) is 0 Å². The van der Waals surface area contributed by atoms with E-state index in [4.69, 9.17) is 4.74 Å². The fraction of sp³-hybridized carbons (Fsp3) is 0.174. The number of aliphatic hydroxyl groups excluding tert-OH is 1. The second-order valence-corrected chi connectivity index (χ2v) is 7.28. The molecule has 0 saturated carbocycles. The van der Waals surface area contributed by atoms with Gasteiger partial charge >= 0.3 is 5.69 Å². The first kappa shape index (κ1) is 18.2. The Hall–Kier alpha value is -3.87. The fourth-order valence-electron chi connectivity index (χ4n) is 4.42. The number of nitrogens with zero attached hydrogens (tertiary/aromatic N) is 1. The number of aliphatic hydroxyl groups is 1. The molecule has 0 saturated heterocycles. The molecule has 0 fully saturated rings. The van der Waals surface area contributed by atoms with Crippen LogP contribution in [0.3, 0.4) is 0 Å². The van der Waals surface area contributed by atoms with Crippen molar-refractivity contribution in [3.05, 3.63) is 97.2 Å². The Balaban J connectivity index is 1.89. The highest BCUT2D eigenvalue weighted by molar-refractivity contribution is 6.21. The third-order valence-corrected chi connectivity index (χ3v) is 5.80. The maximum absolute atomic E-state index is 13.0. The van der Waals surface area contributed by atoms with Gasteiger partial charge in [-0.15, -0.1) is 0 Å². The van der Waals surface area contributed by atoms with Gasteiger partial charge in [0.15, 0.2) is 0 Å². The molecule has 1 unspecified atom stereocenters. The van der Waals surface area contributed by atoms with Crippen LogP contribution in [-0.2, 0) is 6.54 Å². The molecule has 7 heteroatoms. The number of rotatable bonds is 3. The van der Waals surface area contributed by atoms with E-state index in [2.05, 4.69) is 9.98 Å². The maximum atomic E-state index is 13.0. The Morgan fingerprint density at radius 2 is 1.80 bits per heavy atom. The summed E-state index contributed by atoms with van der Waals surface area (Å²) in [6.07, 6.45) is 0. The summed E-state index contributed by atoms with van der Waals surface area (Å²) in [6.45, 7) is 2.24. The normalized spacial score (nSPS) is 16.6. The number of ether oxygens (including phenoxy) is 1. The zero-order valence-electron chi connectivity index (χ0n) is 16.5. The molecule has 150 valence electrons. The monoisotopic (exact) mass is 402 g/mol. The Morgan fingerprint density at radius 3 is 2.47 bits per heavy atom. The number of allylic oxidation sites excluding steroid dienone is 1. The van der Waals surface area contributed by atoms with Crippen LogP contribution in [0.2, 0.25) is 0 Å². The van der Waals surface area contributed by atoms with Crippen LogP contribution in [0.15, 0.2) is 63.7 Å². The second kappa shape index (κ2) is 6.59. The number of benzene rings is 2. The SMILES string of the molecule is CCn1c2c(c(=O)[nH]c1=O)C(c1ccc(OC)cc1)C1=C(O)c3ccccc3C1=[NH+]2. The number of H-pyrrole nitrogens is 1. The van der Waals surface area contributed by atoms with Crippen molar-refractivity contribution >= 4 is 17.3 Å². The summed E-state index contributed by atoms with van der Waals surface area (Å²) in [5.74, 6) is 0.734. The summed E-state index contributed by atoms with van der Waals surface area (Å²) >= 11 is 0. The predicted molar refractivity (Wildman–Crippen MR) is 113 cm³/mol. The highest BCUT2D eigenvalue weighted by Crippen LogP contribution is 2.43. The summed E-state index contributed by atoms with van der Waals surface area (Å²) in [5, 5.41) is 11.1. The van der Waals surface area contributed by atoms with Crippen molar-refractivity contribution in [1.29, 1.82) is 0 Å². The van der Waals surface area contributed by atoms with Gasteiger partial charge in [0.05, 0.1) is 25.1 Å². The summed E-state index contributed by atoms with van der Waals surface area (Å²) in [4.78, 5) is 31.1. The average Bonchev–Trinajstić information content (AvgIpc) is 3.05. The van der Waals surface area contributed by atoms with Crippen LogP contribution in [-0.4, -0.2) is 27.5 Å². The van der Waals surface area contributed by atoms with Crippen LogP contribution in [0.1, 0.15) is 35.1 Å². The standard InChI is InChI=1S/C23H19N3O4/c1-3-26-21-18(22(28)25-23(26)29)16(12-8-10-13(30-2)11-9-12)17-19(24-21)14-6-4-5-7-15(14)20(17)27/h4-11,16,27H,3H2,1-2H3,(H,25,28,29)/p+1. The van der Waals surface area contributed by atoms with E-state index >= 15 is 0 Å². The lowest BCUT2D eigenvalue weighted by molar-refractivity contribution is -0.364. The van der Waals surface area contributed by atoms with E-state index in [0.29, 0.717) is 40.5 Å². The Bertz CT molecular complexity index is 1360. The van der Waals surface area contributed by atoms with E-state index in [1.807, 2.05) is 55.5 Å². The van der Waals surface area contributed by atoms with E-state index in [1.54, 1.807) is 7.11 Å². The lowest BCUT2D eigenvalue weighted by Gasteiger charge is -2.23. The van der Waals surface area contributed by atoms with Crippen molar-refractivity contribution in [1.82, 2.24) is 9.55 Å². The Morgan fingerprint density at radius 1 is 1.10 bits per heavy atom. The van der Waals surface area contributed by atoms with Gasteiger partial charge in [-0.3, -0.25) is 9.78 Å². The molecule has 7 nitrogen and oxygen atoms in total. The number of fused-ring (bicyclic) bond motifs is 4. The summed E-state index contributed by atoms with van der Waals surface area (Å²) in [6, 6.07) is 14.9. The van der Waals surface area contributed by atoms with Crippen molar-refractivity contribution in [2.24, 2.45) is 0 Å². The van der Waals surface area contributed by atoms with E-state index in [-0.39, 0.29) is 5.76 Å². The topological polar surface area (TPSA) is 98.3 Å². The molecule has 1 aliphatic carbocycles. The van der Waals surface area contributed by atoms with Crippen LogP contribution >= 0.6 is 0 Å².